The number of amides is 1. The van der Waals surface area contributed by atoms with Crippen LogP contribution in [0.5, 0.6) is 17.2 Å². The molecule has 1 fully saturated rings. The van der Waals surface area contributed by atoms with Crippen molar-refractivity contribution in [3.63, 3.8) is 0 Å². The van der Waals surface area contributed by atoms with E-state index >= 15 is 0 Å². The van der Waals surface area contributed by atoms with E-state index in [4.69, 9.17) is 25.8 Å². The van der Waals surface area contributed by atoms with Crippen molar-refractivity contribution in [2.75, 3.05) is 26.2 Å². The second-order valence-corrected chi connectivity index (χ2v) is 8.02. The van der Waals surface area contributed by atoms with E-state index in [-0.39, 0.29) is 27.6 Å². The zero-order valence-corrected chi connectivity index (χ0v) is 19.8. The maximum Gasteiger partial charge on any atom is 0.300 e. The molecule has 0 aliphatic carbocycles. The second-order valence-electron chi connectivity index (χ2n) is 7.61. The molecule has 1 aliphatic rings. The minimum Gasteiger partial charge on any atom is -0.507 e. The van der Waals surface area contributed by atoms with Gasteiger partial charge in [-0.3, -0.25) is 14.5 Å². The van der Waals surface area contributed by atoms with Gasteiger partial charge in [0.25, 0.3) is 11.7 Å². The summed E-state index contributed by atoms with van der Waals surface area (Å²) in [5.41, 5.74) is 0.684. The third kappa shape index (κ3) is 4.28. The summed E-state index contributed by atoms with van der Waals surface area (Å²) in [7, 11) is 4.30. The molecule has 3 aromatic rings. The molecule has 0 spiro atoms. The van der Waals surface area contributed by atoms with Crippen LogP contribution in [0.15, 0.2) is 66.2 Å². The average Bonchev–Trinajstić information content (AvgIpc) is 3.14. The lowest BCUT2D eigenvalue weighted by molar-refractivity contribution is -0.132. The number of benzene rings is 3. The number of carbonyl (C=O) groups excluding carboxylic acids is 2. The number of aliphatic hydroxyl groups excluding tert-OH is 1. The number of halogens is 2. The highest BCUT2D eigenvalue weighted by Crippen LogP contribution is 2.45. The molecule has 180 valence electrons. The Balaban J connectivity index is 1.99. The average molecular weight is 498 g/mol. The molecule has 0 saturated carbocycles. The molecule has 3 aromatic carbocycles. The van der Waals surface area contributed by atoms with Crippen molar-refractivity contribution >= 4 is 34.7 Å². The van der Waals surface area contributed by atoms with Gasteiger partial charge < -0.3 is 19.3 Å². The standard InChI is InChI=1S/C26H21ClFNO6/c1-33-17-6-4-5-14(11-17)23-22(24(30)18-12-19(27)21(35-3)13-20(18)34-2)25(31)26(32)29(23)16-9-7-15(28)8-10-16/h4-13,23,30H,1-3H3/b24-22+. The first-order chi connectivity index (χ1) is 16.8. The molecule has 1 atom stereocenters. The lowest BCUT2D eigenvalue weighted by Gasteiger charge is -2.26. The lowest BCUT2D eigenvalue weighted by atomic mass is 9.94. The molecule has 0 aromatic heterocycles. The largest absolute Gasteiger partial charge is 0.507 e. The van der Waals surface area contributed by atoms with Gasteiger partial charge in [-0.05, 0) is 48.0 Å². The molecule has 9 heteroatoms. The summed E-state index contributed by atoms with van der Waals surface area (Å²) in [5.74, 6) is -1.82. The first-order valence-corrected chi connectivity index (χ1v) is 10.8. The van der Waals surface area contributed by atoms with Crippen LogP contribution in [-0.2, 0) is 9.59 Å². The molecule has 1 unspecified atom stereocenters. The highest BCUT2D eigenvalue weighted by atomic mass is 35.5. The first kappa shape index (κ1) is 24.1. The molecule has 1 aliphatic heterocycles. The molecule has 1 N–H and O–H groups in total. The summed E-state index contributed by atoms with van der Waals surface area (Å²) in [6, 6.07) is 13.7. The number of Topliss-reactive ketones (excluding diaryl/α,β-unsaturated/α-hetero) is 1. The summed E-state index contributed by atoms with van der Waals surface area (Å²) in [6.07, 6.45) is 0. The molecule has 7 nitrogen and oxygen atoms in total. The minimum absolute atomic E-state index is 0.100. The SMILES string of the molecule is COc1cccc(C2/C(=C(\O)c3cc(Cl)c(OC)cc3OC)C(=O)C(=O)N2c2ccc(F)cc2)c1. The van der Waals surface area contributed by atoms with Gasteiger partial charge in [0.15, 0.2) is 0 Å². The van der Waals surface area contributed by atoms with Crippen molar-refractivity contribution in [3.05, 3.63) is 88.2 Å². The number of rotatable bonds is 6. The second kappa shape index (κ2) is 9.68. The minimum atomic E-state index is -1.04. The van der Waals surface area contributed by atoms with Gasteiger partial charge >= 0.3 is 0 Å². The van der Waals surface area contributed by atoms with Crippen LogP contribution in [0, 0.1) is 5.82 Å². The van der Waals surface area contributed by atoms with Gasteiger partial charge in [0.05, 0.1) is 43.5 Å². The number of nitrogens with zero attached hydrogens (tertiary/aromatic N) is 1. The predicted octanol–water partition coefficient (Wildman–Crippen LogP) is 5.13. The molecule has 1 amide bonds. The maximum atomic E-state index is 13.6. The molecule has 4 rings (SSSR count). The number of hydrogen-bond acceptors (Lipinski definition) is 6. The molecular weight excluding hydrogens is 477 g/mol. The number of methoxy groups -OCH3 is 3. The summed E-state index contributed by atoms with van der Waals surface area (Å²) in [5, 5.41) is 11.6. The van der Waals surface area contributed by atoms with Gasteiger partial charge in [-0.1, -0.05) is 23.7 Å². The fraction of sp³-hybridized carbons (Fsp3) is 0.154. The fourth-order valence-electron chi connectivity index (χ4n) is 4.02. The maximum absolute atomic E-state index is 13.6. The summed E-state index contributed by atoms with van der Waals surface area (Å²) in [6.45, 7) is 0. The van der Waals surface area contributed by atoms with E-state index in [1.807, 2.05) is 0 Å². The fourth-order valence-corrected chi connectivity index (χ4v) is 4.26. The van der Waals surface area contributed by atoms with Crippen molar-refractivity contribution < 1.29 is 33.3 Å². The Hall–Kier alpha value is -4.04. The molecule has 0 radical (unpaired) electrons. The van der Waals surface area contributed by atoms with Crippen LogP contribution in [-0.4, -0.2) is 38.1 Å². The zero-order chi connectivity index (χ0) is 25.3. The van der Waals surface area contributed by atoms with Gasteiger partial charge in [0, 0.05) is 11.8 Å². The summed E-state index contributed by atoms with van der Waals surface area (Å²) >= 11 is 6.28. The topological polar surface area (TPSA) is 85.3 Å². The van der Waals surface area contributed by atoms with Crippen molar-refractivity contribution in [2.45, 2.75) is 6.04 Å². The Morgan fingerprint density at radius 1 is 0.943 bits per heavy atom. The van der Waals surface area contributed by atoms with Crippen molar-refractivity contribution in [2.24, 2.45) is 0 Å². The predicted molar refractivity (Wildman–Crippen MR) is 129 cm³/mol. The van der Waals surface area contributed by atoms with Gasteiger partial charge in [-0.15, -0.1) is 0 Å². The Labute approximate surface area is 205 Å². The smallest absolute Gasteiger partial charge is 0.300 e. The molecular formula is C26H21ClFNO6. The monoisotopic (exact) mass is 497 g/mol. The van der Waals surface area contributed by atoms with E-state index in [0.717, 1.165) is 0 Å². The van der Waals surface area contributed by atoms with E-state index in [9.17, 15) is 19.1 Å². The quantitative estimate of drug-likeness (QED) is 0.289. The van der Waals surface area contributed by atoms with E-state index < -0.39 is 29.3 Å². The van der Waals surface area contributed by atoms with Gasteiger partial charge in [-0.25, -0.2) is 4.39 Å². The summed E-state index contributed by atoms with van der Waals surface area (Å²) < 4.78 is 29.5. The van der Waals surface area contributed by atoms with Crippen molar-refractivity contribution in [1.82, 2.24) is 0 Å². The third-order valence-electron chi connectivity index (χ3n) is 5.69. The van der Waals surface area contributed by atoms with Crippen LogP contribution in [0.2, 0.25) is 5.02 Å². The van der Waals surface area contributed by atoms with Gasteiger partial charge in [0.1, 0.15) is 28.8 Å². The van der Waals surface area contributed by atoms with E-state index in [1.165, 1.54) is 62.6 Å². The Bertz CT molecular complexity index is 1340. The van der Waals surface area contributed by atoms with Crippen molar-refractivity contribution in [1.29, 1.82) is 0 Å². The first-order valence-electron chi connectivity index (χ1n) is 10.4. The number of hydrogen-bond donors (Lipinski definition) is 1. The molecule has 35 heavy (non-hydrogen) atoms. The number of ether oxygens (including phenoxy) is 3. The van der Waals surface area contributed by atoms with Crippen LogP contribution < -0.4 is 19.1 Å². The Kier molecular flexibility index (Phi) is 6.66. The van der Waals surface area contributed by atoms with E-state index in [1.54, 1.807) is 24.3 Å². The highest BCUT2D eigenvalue weighted by molar-refractivity contribution is 6.51. The van der Waals surface area contributed by atoms with E-state index in [0.29, 0.717) is 17.1 Å². The van der Waals surface area contributed by atoms with Crippen LogP contribution in [0.25, 0.3) is 5.76 Å². The van der Waals surface area contributed by atoms with Gasteiger partial charge in [-0.2, -0.15) is 0 Å². The van der Waals surface area contributed by atoms with Crippen LogP contribution in [0.3, 0.4) is 0 Å². The van der Waals surface area contributed by atoms with E-state index in [2.05, 4.69) is 0 Å². The molecule has 1 saturated heterocycles. The summed E-state index contributed by atoms with van der Waals surface area (Å²) in [4.78, 5) is 27.7. The molecule has 1 heterocycles. The third-order valence-corrected chi connectivity index (χ3v) is 5.98. The Morgan fingerprint density at radius 3 is 2.26 bits per heavy atom. The van der Waals surface area contributed by atoms with Crippen LogP contribution in [0.4, 0.5) is 10.1 Å². The number of ketones is 1. The number of carbonyl (C=O) groups is 2. The zero-order valence-electron chi connectivity index (χ0n) is 19.0. The number of anilines is 1. The Morgan fingerprint density at radius 2 is 1.63 bits per heavy atom. The van der Waals surface area contributed by atoms with Crippen LogP contribution in [0.1, 0.15) is 17.2 Å². The normalized spacial score (nSPS) is 16.9. The number of aliphatic hydroxyl groups is 1. The van der Waals surface area contributed by atoms with Gasteiger partial charge in [0.2, 0.25) is 0 Å². The molecule has 0 bridgehead atoms. The highest BCUT2D eigenvalue weighted by Gasteiger charge is 2.47. The van der Waals surface area contributed by atoms with Crippen molar-refractivity contribution in [3.8, 4) is 17.2 Å². The van der Waals surface area contributed by atoms with Crippen LogP contribution >= 0.6 is 11.6 Å². The lowest BCUT2D eigenvalue weighted by Crippen LogP contribution is -2.29.